The van der Waals surface area contributed by atoms with E-state index in [1.165, 1.54) is 17.8 Å². The van der Waals surface area contributed by atoms with Crippen LogP contribution in [0.2, 0.25) is 0 Å². The Morgan fingerprint density at radius 2 is 2.19 bits per heavy atom. The average molecular weight is 303 g/mol. The van der Waals surface area contributed by atoms with E-state index in [0.29, 0.717) is 5.13 Å². The molecule has 1 N–H and O–H groups in total. The summed E-state index contributed by atoms with van der Waals surface area (Å²) >= 11 is 4.79. The number of amides is 1. The molecule has 1 fully saturated rings. The zero-order valence-corrected chi connectivity index (χ0v) is 11.7. The van der Waals surface area contributed by atoms with Gasteiger partial charge in [-0.2, -0.15) is 0 Å². The summed E-state index contributed by atoms with van der Waals surface area (Å²) in [6.07, 6.45) is 7.27. The van der Waals surface area contributed by atoms with Gasteiger partial charge in [0.25, 0.3) is 0 Å². The number of carbonyl (C=O) groups excluding carboxylic acids is 1. The first-order chi connectivity index (χ1) is 7.60. The van der Waals surface area contributed by atoms with Crippen molar-refractivity contribution in [3.05, 3.63) is 9.98 Å². The summed E-state index contributed by atoms with van der Waals surface area (Å²) in [5.74, 6) is 0.119. The molecule has 1 aromatic rings. The van der Waals surface area contributed by atoms with Crippen molar-refractivity contribution in [2.75, 3.05) is 5.32 Å². The van der Waals surface area contributed by atoms with Gasteiger partial charge in [0.2, 0.25) is 5.91 Å². The maximum atomic E-state index is 12.1. The third kappa shape index (κ3) is 2.63. The molecule has 1 saturated carbocycles. The molecule has 0 aliphatic heterocycles. The molecule has 1 amide bonds. The van der Waals surface area contributed by atoms with Crippen molar-refractivity contribution < 1.29 is 4.79 Å². The van der Waals surface area contributed by atoms with E-state index in [-0.39, 0.29) is 11.3 Å². The molecule has 5 heteroatoms. The summed E-state index contributed by atoms with van der Waals surface area (Å²) in [4.78, 5) is 16.3. The smallest absolute Gasteiger partial charge is 0.232 e. The molecule has 88 valence electrons. The second-order valence-corrected chi connectivity index (χ2v) is 6.95. The highest BCUT2D eigenvalue weighted by molar-refractivity contribution is 9.11. The number of carbonyl (C=O) groups is 1. The van der Waals surface area contributed by atoms with Crippen LogP contribution in [0.3, 0.4) is 0 Å². The molecule has 1 aromatic heterocycles. The minimum absolute atomic E-state index is 0.119. The van der Waals surface area contributed by atoms with Crippen molar-refractivity contribution in [1.82, 2.24) is 4.98 Å². The van der Waals surface area contributed by atoms with Crippen molar-refractivity contribution in [3.8, 4) is 0 Å². The fourth-order valence-electron chi connectivity index (χ4n) is 2.12. The fraction of sp³-hybridized carbons (Fsp3) is 0.636. The average Bonchev–Trinajstić information content (AvgIpc) is 2.65. The number of halogens is 1. The molecule has 1 aliphatic rings. The predicted molar refractivity (Wildman–Crippen MR) is 69.6 cm³/mol. The Morgan fingerprint density at radius 1 is 1.50 bits per heavy atom. The van der Waals surface area contributed by atoms with Gasteiger partial charge in [0.05, 0.1) is 9.98 Å². The van der Waals surface area contributed by atoms with Crippen LogP contribution >= 0.6 is 27.3 Å². The van der Waals surface area contributed by atoms with Gasteiger partial charge >= 0.3 is 0 Å². The zero-order chi connectivity index (χ0) is 11.6. The molecule has 2 rings (SSSR count). The molecule has 1 heterocycles. The molecule has 0 saturated heterocycles. The molecule has 1 aliphatic carbocycles. The molecule has 0 unspecified atom stereocenters. The Kier molecular flexibility index (Phi) is 3.64. The highest BCUT2D eigenvalue weighted by atomic mass is 79.9. The SMILES string of the molecule is CC1(C(=O)Nc2ncc(Br)s2)CCCCC1. The monoisotopic (exact) mass is 302 g/mol. The minimum Gasteiger partial charge on any atom is -0.301 e. The number of nitrogens with one attached hydrogen (secondary N) is 1. The standard InChI is InChI=1S/C11H15BrN2OS/c1-11(5-3-2-4-6-11)9(15)14-10-13-7-8(12)16-10/h7H,2-6H2,1H3,(H,13,14,15). The first-order valence-corrected chi connectivity index (χ1v) is 7.14. The number of hydrogen-bond acceptors (Lipinski definition) is 3. The van der Waals surface area contributed by atoms with Crippen LogP contribution in [0, 0.1) is 5.41 Å². The van der Waals surface area contributed by atoms with Gasteiger partial charge in [0, 0.05) is 5.41 Å². The van der Waals surface area contributed by atoms with E-state index >= 15 is 0 Å². The number of aromatic nitrogens is 1. The molecule has 0 atom stereocenters. The number of thiazole rings is 1. The molecule has 0 radical (unpaired) electrons. The van der Waals surface area contributed by atoms with Gasteiger partial charge in [-0.05, 0) is 28.8 Å². The summed E-state index contributed by atoms with van der Waals surface area (Å²) in [6.45, 7) is 2.06. The topological polar surface area (TPSA) is 42.0 Å². The number of rotatable bonds is 2. The van der Waals surface area contributed by atoms with Gasteiger partial charge in [0.15, 0.2) is 5.13 Å². The van der Waals surface area contributed by atoms with Gasteiger partial charge < -0.3 is 5.32 Å². The van der Waals surface area contributed by atoms with E-state index < -0.39 is 0 Å². The maximum Gasteiger partial charge on any atom is 0.232 e. The van der Waals surface area contributed by atoms with Gasteiger partial charge in [-0.15, -0.1) is 0 Å². The molecule has 0 spiro atoms. The second-order valence-electron chi connectivity index (χ2n) is 4.54. The van der Waals surface area contributed by atoms with Crippen LogP contribution in [0.25, 0.3) is 0 Å². The van der Waals surface area contributed by atoms with Crippen LogP contribution in [0.15, 0.2) is 9.98 Å². The summed E-state index contributed by atoms with van der Waals surface area (Å²) < 4.78 is 0.941. The zero-order valence-electron chi connectivity index (χ0n) is 9.25. The van der Waals surface area contributed by atoms with Crippen molar-refractivity contribution in [2.45, 2.75) is 39.0 Å². The van der Waals surface area contributed by atoms with Crippen LogP contribution in [-0.4, -0.2) is 10.9 Å². The first kappa shape index (κ1) is 12.0. The lowest BCUT2D eigenvalue weighted by molar-refractivity contribution is -0.126. The van der Waals surface area contributed by atoms with Crippen LogP contribution < -0.4 is 5.32 Å². The lowest BCUT2D eigenvalue weighted by Gasteiger charge is -2.31. The molecular weight excluding hydrogens is 288 g/mol. The number of nitrogens with zero attached hydrogens (tertiary/aromatic N) is 1. The van der Waals surface area contributed by atoms with Crippen molar-refractivity contribution >= 4 is 38.3 Å². The van der Waals surface area contributed by atoms with E-state index in [1.54, 1.807) is 6.20 Å². The molecule has 0 aromatic carbocycles. The van der Waals surface area contributed by atoms with Gasteiger partial charge in [0.1, 0.15) is 0 Å². The second kappa shape index (κ2) is 4.84. The third-order valence-electron chi connectivity index (χ3n) is 3.20. The summed E-state index contributed by atoms with van der Waals surface area (Å²) in [6, 6.07) is 0. The Balaban J connectivity index is 2.01. The van der Waals surface area contributed by atoms with Crippen LogP contribution in [0.1, 0.15) is 39.0 Å². The Hall–Kier alpha value is -0.420. The Morgan fingerprint density at radius 3 is 2.75 bits per heavy atom. The molecule has 3 nitrogen and oxygen atoms in total. The Bertz CT molecular complexity index is 385. The predicted octanol–water partition coefficient (Wildman–Crippen LogP) is 3.81. The van der Waals surface area contributed by atoms with Crippen molar-refractivity contribution in [1.29, 1.82) is 0 Å². The highest BCUT2D eigenvalue weighted by Gasteiger charge is 2.34. The van der Waals surface area contributed by atoms with E-state index in [0.717, 1.165) is 29.5 Å². The summed E-state index contributed by atoms with van der Waals surface area (Å²) in [5, 5.41) is 3.60. The van der Waals surface area contributed by atoms with E-state index in [9.17, 15) is 4.79 Å². The summed E-state index contributed by atoms with van der Waals surface area (Å²) in [5.41, 5.74) is -0.198. The molecule has 16 heavy (non-hydrogen) atoms. The van der Waals surface area contributed by atoms with Crippen molar-refractivity contribution in [3.63, 3.8) is 0 Å². The minimum atomic E-state index is -0.198. The lowest BCUT2D eigenvalue weighted by atomic mass is 9.75. The van der Waals surface area contributed by atoms with E-state index in [2.05, 4.69) is 33.2 Å². The summed E-state index contributed by atoms with van der Waals surface area (Å²) in [7, 11) is 0. The highest BCUT2D eigenvalue weighted by Crippen LogP contribution is 2.37. The first-order valence-electron chi connectivity index (χ1n) is 5.53. The fourth-order valence-corrected chi connectivity index (χ4v) is 3.22. The largest absolute Gasteiger partial charge is 0.301 e. The van der Waals surface area contributed by atoms with Gasteiger partial charge in [-0.1, -0.05) is 37.5 Å². The third-order valence-corrected chi connectivity index (χ3v) is 4.59. The van der Waals surface area contributed by atoms with Gasteiger partial charge in [-0.25, -0.2) is 4.98 Å². The van der Waals surface area contributed by atoms with Crippen LogP contribution in [0.4, 0.5) is 5.13 Å². The normalized spacial score (nSPS) is 19.4. The lowest BCUT2D eigenvalue weighted by Crippen LogP contribution is -2.35. The van der Waals surface area contributed by atoms with Crippen LogP contribution in [-0.2, 0) is 4.79 Å². The van der Waals surface area contributed by atoms with Crippen LogP contribution in [0.5, 0.6) is 0 Å². The molecular formula is C11H15BrN2OS. The Labute approximate surface area is 108 Å². The number of anilines is 1. The van der Waals surface area contributed by atoms with E-state index in [4.69, 9.17) is 0 Å². The molecule has 0 bridgehead atoms. The maximum absolute atomic E-state index is 12.1. The van der Waals surface area contributed by atoms with Gasteiger partial charge in [-0.3, -0.25) is 4.79 Å². The van der Waals surface area contributed by atoms with Crippen molar-refractivity contribution in [2.24, 2.45) is 5.41 Å². The quantitative estimate of drug-likeness (QED) is 0.902. The number of hydrogen-bond donors (Lipinski definition) is 1. The van der Waals surface area contributed by atoms with E-state index in [1.807, 2.05) is 0 Å².